The first-order valence-corrected chi connectivity index (χ1v) is 12.4. The molecule has 0 heterocycles. The molecule has 176 valence electrons. The van der Waals surface area contributed by atoms with Gasteiger partial charge in [0.1, 0.15) is 6.10 Å². The van der Waals surface area contributed by atoms with Crippen molar-refractivity contribution in [2.75, 3.05) is 36.0 Å². The summed E-state index contributed by atoms with van der Waals surface area (Å²) in [5.74, 6) is 0. The SMILES string of the molecule is CCN(CC)c1ccc(C(OCc2ccccc2)c2ccc(N(CC)CC)cc2C)c(C)c1. The molecule has 0 spiro atoms. The third-order valence-electron chi connectivity index (χ3n) is 6.59. The van der Waals surface area contributed by atoms with E-state index in [0.29, 0.717) is 6.61 Å². The zero-order valence-corrected chi connectivity index (χ0v) is 21.3. The Labute approximate surface area is 201 Å². The van der Waals surface area contributed by atoms with Crippen molar-refractivity contribution in [3.05, 3.63) is 94.5 Å². The number of hydrogen-bond donors (Lipinski definition) is 0. The maximum Gasteiger partial charge on any atom is 0.109 e. The molecule has 0 aliphatic carbocycles. The van der Waals surface area contributed by atoms with Gasteiger partial charge in [-0.15, -0.1) is 0 Å². The minimum absolute atomic E-state index is 0.110. The molecule has 3 nitrogen and oxygen atoms in total. The first-order valence-electron chi connectivity index (χ1n) is 12.4. The second kappa shape index (κ2) is 11.9. The number of anilines is 2. The van der Waals surface area contributed by atoms with Gasteiger partial charge in [-0.05, 0) is 93.6 Å². The second-order valence-corrected chi connectivity index (χ2v) is 8.60. The van der Waals surface area contributed by atoms with Crippen LogP contribution in [0.5, 0.6) is 0 Å². The summed E-state index contributed by atoms with van der Waals surface area (Å²) < 4.78 is 6.64. The minimum Gasteiger partial charge on any atom is -0.372 e. The molecule has 0 aliphatic heterocycles. The Bertz CT molecular complexity index is 946. The zero-order chi connectivity index (χ0) is 23.8. The van der Waals surface area contributed by atoms with Gasteiger partial charge in [0.2, 0.25) is 0 Å². The van der Waals surface area contributed by atoms with Crippen LogP contribution < -0.4 is 9.80 Å². The zero-order valence-electron chi connectivity index (χ0n) is 21.3. The molecule has 3 aromatic carbocycles. The largest absolute Gasteiger partial charge is 0.372 e. The Balaban J connectivity index is 2.00. The maximum atomic E-state index is 6.64. The van der Waals surface area contributed by atoms with E-state index in [1.807, 2.05) is 6.07 Å². The van der Waals surface area contributed by atoms with Gasteiger partial charge < -0.3 is 14.5 Å². The van der Waals surface area contributed by atoms with E-state index < -0.39 is 0 Å². The summed E-state index contributed by atoms with van der Waals surface area (Å²) in [5.41, 5.74) is 8.75. The fourth-order valence-electron chi connectivity index (χ4n) is 4.58. The number of nitrogens with zero attached hydrogens (tertiary/aromatic N) is 2. The van der Waals surface area contributed by atoms with Crippen molar-refractivity contribution >= 4 is 11.4 Å². The molecule has 0 aromatic heterocycles. The van der Waals surface area contributed by atoms with Crippen molar-refractivity contribution in [2.24, 2.45) is 0 Å². The third-order valence-corrected chi connectivity index (χ3v) is 6.59. The van der Waals surface area contributed by atoms with E-state index in [0.717, 1.165) is 26.2 Å². The summed E-state index contributed by atoms with van der Waals surface area (Å²) in [7, 11) is 0. The quantitative estimate of drug-likeness (QED) is 0.308. The third kappa shape index (κ3) is 5.97. The van der Waals surface area contributed by atoms with Gasteiger partial charge in [0.05, 0.1) is 6.61 Å². The van der Waals surface area contributed by atoms with Crippen LogP contribution in [0.3, 0.4) is 0 Å². The first kappa shape index (κ1) is 24.9. The summed E-state index contributed by atoms with van der Waals surface area (Å²) in [6.07, 6.45) is -0.110. The molecule has 3 rings (SSSR count). The highest BCUT2D eigenvalue weighted by Gasteiger charge is 2.21. The van der Waals surface area contributed by atoms with E-state index in [9.17, 15) is 0 Å². The van der Waals surface area contributed by atoms with Gasteiger partial charge in [-0.2, -0.15) is 0 Å². The molecule has 33 heavy (non-hydrogen) atoms. The van der Waals surface area contributed by atoms with Crippen molar-refractivity contribution in [1.82, 2.24) is 0 Å². The normalized spacial score (nSPS) is 11.1. The Morgan fingerprint density at radius 2 is 1.09 bits per heavy atom. The molecule has 0 N–H and O–H groups in total. The predicted molar refractivity (Wildman–Crippen MR) is 143 cm³/mol. The lowest BCUT2D eigenvalue weighted by atomic mass is 9.93. The molecule has 0 fully saturated rings. The summed E-state index contributed by atoms with van der Waals surface area (Å²) in [5, 5.41) is 0. The van der Waals surface area contributed by atoms with Gasteiger partial charge in [-0.1, -0.05) is 42.5 Å². The molecule has 0 aliphatic rings. The number of benzene rings is 3. The van der Waals surface area contributed by atoms with Gasteiger partial charge in [-0.25, -0.2) is 0 Å². The summed E-state index contributed by atoms with van der Waals surface area (Å²) in [4.78, 5) is 4.78. The van der Waals surface area contributed by atoms with Crippen molar-refractivity contribution in [3.8, 4) is 0 Å². The van der Waals surface area contributed by atoms with Crippen molar-refractivity contribution < 1.29 is 4.74 Å². The Kier molecular flexibility index (Phi) is 8.96. The van der Waals surface area contributed by atoms with Crippen LogP contribution >= 0.6 is 0 Å². The molecule has 0 atom stereocenters. The highest BCUT2D eigenvalue weighted by Crippen LogP contribution is 2.35. The van der Waals surface area contributed by atoms with E-state index in [-0.39, 0.29) is 6.10 Å². The second-order valence-electron chi connectivity index (χ2n) is 8.60. The standard InChI is InChI=1S/C30H40N2O/c1-7-31(8-2)26-16-18-28(23(5)20-26)30(33-22-25-14-12-11-13-15-25)29-19-17-27(21-24(29)6)32(9-3)10-4/h11-21,30H,7-10,22H2,1-6H3. The van der Waals surface area contributed by atoms with Crippen LogP contribution in [0.1, 0.15) is 61.6 Å². The van der Waals surface area contributed by atoms with Crippen molar-refractivity contribution in [1.29, 1.82) is 0 Å². The van der Waals surface area contributed by atoms with Crippen LogP contribution in [0, 0.1) is 13.8 Å². The average molecular weight is 445 g/mol. The average Bonchev–Trinajstić information content (AvgIpc) is 2.83. The van der Waals surface area contributed by atoms with Crippen LogP contribution in [0.4, 0.5) is 11.4 Å². The van der Waals surface area contributed by atoms with Gasteiger partial charge in [0, 0.05) is 37.6 Å². The van der Waals surface area contributed by atoms with Crippen molar-refractivity contribution in [3.63, 3.8) is 0 Å². The Morgan fingerprint density at radius 1 is 0.636 bits per heavy atom. The molecule has 3 aromatic rings. The van der Waals surface area contributed by atoms with E-state index in [4.69, 9.17) is 4.74 Å². The van der Waals surface area contributed by atoms with E-state index >= 15 is 0 Å². The molecule has 3 heteroatoms. The lowest BCUT2D eigenvalue weighted by Crippen LogP contribution is -2.22. The van der Waals surface area contributed by atoms with Gasteiger partial charge >= 0.3 is 0 Å². The van der Waals surface area contributed by atoms with Crippen molar-refractivity contribution in [2.45, 2.75) is 54.3 Å². The Morgan fingerprint density at radius 3 is 1.48 bits per heavy atom. The number of rotatable bonds is 11. The van der Waals surface area contributed by atoms with Gasteiger partial charge in [-0.3, -0.25) is 0 Å². The summed E-state index contributed by atoms with van der Waals surface area (Å²) in [6, 6.07) is 24.1. The monoisotopic (exact) mass is 444 g/mol. The van der Waals surface area contributed by atoms with Crippen LogP contribution in [-0.4, -0.2) is 26.2 Å². The predicted octanol–water partition coefficient (Wildman–Crippen LogP) is 7.30. The fourth-order valence-corrected chi connectivity index (χ4v) is 4.58. The van der Waals surface area contributed by atoms with Gasteiger partial charge in [0.25, 0.3) is 0 Å². The molecule has 0 saturated carbocycles. The maximum absolute atomic E-state index is 6.64. The first-order chi connectivity index (χ1) is 16.0. The molecule has 0 radical (unpaired) electrons. The topological polar surface area (TPSA) is 15.7 Å². The lowest BCUT2D eigenvalue weighted by Gasteiger charge is -2.27. The molecule has 0 bridgehead atoms. The summed E-state index contributed by atoms with van der Waals surface area (Å²) in [6.45, 7) is 17.9. The number of ether oxygens (including phenoxy) is 1. The molecule has 0 amide bonds. The minimum atomic E-state index is -0.110. The Hall–Kier alpha value is -2.78. The molecular formula is C30H40N2O. The lowest BCUT2D eigenvalue weighted by molar-refractivity contribution is 0.0660. The molecule has 0 unspecified atom stereocenters. The van der Waals surface area contributed by atoms with Crippen LogP contribution in [0.25, 0.3) is 0 Å². The molecular weight excluding hydrogens is 404 g/mol. The van der Waals surface area contributed by atoms with E-state index in [1.54, 1.807) is 0 Å². The fraction of sp³-hybridized carbons (Fsp3) is 0.400. The molecule has 0 saturated heterocycles. The van der Waals surface area contributed by atoms with Crippen LogP contribution in [0.2, 0.25) is 0 Å². The highest BCUT2D eigenvalue weighted by atomic mass is 16.5. The highest BCUT2D eigenvalue weighted by molar-refractivity contribution is 5.55. The smallest absolute Gasteiger partial charge is 0.109 e. The van der Waals surface area contributed by atoms with E-state index in [2.05, 4.69) is 112 Å². The number of hydrogen-bond acceptors (Lipinski definition) is 3. The van der Waals surface area contributed by atoms with Crippen LogP contribution in [-0.2, 0) is 11.3 Å². The summed E-state index contributed by atoms with van der Waals surface area (Å²) >= 11 is 0. The van der Waals surface area contributed by atoms with E-state index in [1.165, 1.54) is 39.2 Å². The van der Waals surface area contributed by atoms with Crippen LogP contribution in [0.15, 0.2) is 66.7 Å². The van der Waals surface area contributed by atoms with Gasteiger partial charge in [0.15, 0.2) is 0 Å². The number of aryl methyl sites for hydroxylation is 2.